The van der Waals surface area contributed by atoms with E-state index in [-0.39, 0.29) is 5.57 Å². The number of benzene rings is 1. The van der Waals surface area contributed by atoms with Crippen molar-refractivity contribution in [3.63, 3.8) is 0 Å². The van der Waals surface area contributed by atoms with Crippen molar-refractivity contribution in [1.82, 2.24) is 0 Å². The van der Waals surface area contributed by atoms with Crippen LogP contribution in [0.15, 0.2) is 23.8 Å². The van der Waals surface area contributed by atoms with Gasteiger partial charge in [0.05, 0.1) is 14.2 Å². The number of carbonyl (C=O) groups is 1. The minimum Gasteiger partial charge on any atom is -0.493 e. The summed E-state index contributed by atoms with van der Waals surface area (Å²) in [5.41, 5.74) is 0.445. The molecule has 0 spiro atoms. The number of rotatable bonds is 5. The van der Waals surface area contributed by atoms with E-state index in [2.05, 4.69) is 4.74 Å². The van der Waals surface area contributed by atoms with Crippen molar-refractivity contribution in [1.29, 1.82) is 5.26 Å². The van der Waals surface area contributed by atoms with Crippen LogP contribution in [0, 0.1) is 11.3 Å². The smallest absolute Gasteiger partial charge is 0.348 e. The maximum Gasteiger partial charge on any atom is 0.348 e. The molecule has 1 aromatic carbocycles. The Balaban J connectivity index is 3.13. The average Bonchev–Trinajstić information content (AvgIpc) is 2.44. The van der Waals surface area contributed by atoms with Crippen molar-refractivity contribution in [3.8, 4) is 17.6 Å². The van der Waals surface area contributed by atoms with Gasteiger partial charge in [0.25, 0.3) is 0 Å². The number of ether oxygens (including phenoxy) is 3. The third kappa shape index (κ3) is 4.00. The van der Waals surface area contributed by atoms with Crippen molar-refractivity contribution in [2.75, 3.05) is 14.2 Å². The second-order valence-corrected chi connectivity index (χ2v) is 3.79. The highest BCUT2D eigenvalue weighted by Crippen LogP contribution is 2.29. The summed E-state index contributed by atoms with van der Waals surface area (Å²) in [5, 5.41) is 18.1. The van der Waals surface area contributed by atoms with E-state index >= 15 is 0 Å². The molecule has 0 aliphatic rings. The Hall–Kier alpha value is -2.52. The largest absolute Gasteiger partial charge is 0.493 e. The number of aliphatic hydroxyl groups excluding tert-OH is 1. The summed E-state index contributed by atoms with van der Waals surface area (Å²) in [5.74, 6) is 0.0220. The molecule has 6 heteroatoms. The van der Waals surface area contributed by atoms with Gasteiger partial charge >= 0.3 is 5.97 Å². The summed E-state index contributed by atoms with van der Waals surface area (Å²) in [4.78, 5) is 11.3. The third-order valence-electron chi connectivity index (χ3n) is 2.32. The molecule has 1 rings (SSSR count). The lowest BCUT2D eigenvalue weighted by atomic mass is 10.1. The van der Waals surface area contributed by atoms with Gasteiger partial charge in [-0.15, -0.1) is 0 Å². The van der Waals surface area contributed by atoms with Gasteiger partial charge in [0.2, 0.25) is 0 Å². The second-order valence-electron chi connectivity index (χ2n) is 3.79. The number of esters is 1. The fraction of sp³-hybridized carbons (Fsp3) is 0.286. The molecule has 0 fully saturated rings. The molecule has 0 heterocycles. The van der Waals surface area contributed by atoms with Crippen LogP contribution in [0.25, 0.3) is 6.08 Å². The topological polar surface area (TPSA) is 88.8 Å². The summed E-state index contributed by atoms with van der Waals surface area (Å²) < 4.78 is 14.8. The molecule has 20 heavy (non-hydrogen) atoms. The van der Waals surface area contributed by atoms with E-state index < -0.39 is 12.3 Å². The molecule has 0 saturated carbocycles. The first-order chi connectivity index (χ1) is 9.51. The predicted molar refractivity (Wildman–Crippen MR) is 70.9 cm³/mol. The number of aliphatic hydroxyl groups is 1. The summed E-state index contributed by atoms with van der Waals surface area (Å²) >= 11 is 0. The van der Waals surface area contributed by atoms with Crippen LogP contribution in [0.3, 0.4) is 0 Å². The highest BCUT2D eigenvalue weighted by molar-refractivity contribution is 5.97. The zero-order chi connectivity index (χ0) is 15.1. The monoisotopic (exact) mass is 277 g/mol. The zero-order valence-electron chi connectivity index (χ0n) is 11.4. The molecule has 0 bridgehead atoms. The van der Waals surface area contributed by atoms with Crippen molar-refractivity contribution in [2.45, 2.75) is 13.2 Å². The van der Waals surface area contributed by atoms with E-state index in [1.165, 1.54) is 27.2 Å². The number of nitriles is 1. The Bertz CT molecular complexity index is 557. The Morgan fingerprint density at radius 3 is 2.60 bits per heavy atom. The zero-order valence-corrected chi connectivity index (χ0v) is 11.4. The highest BCUT2D eigenvalue weighted by atomic mass is 16.6. The first-order valence-corrected chi connectivity index (χ1v) is 5.74. The molecule has 1 N–H and O–H groups in total. The Morgan fingerprint density at radius 2 is 2.10 bits per heavy atom. The summed E-state index contributed by atoms with van der Waals surface area (Å²) in [6.45, 7) is 1.47. The molecule has 0 radical (unpaired) electrons. The van der Waals surface area contributed by atoms with Crippen molar-refractivity contribution in [2.24, 2.45) is 0 Å². The van der Waals surface area contributed by atoms with Gasteiger partial charge in [-0.1, -0.05) is 6.07 Å². The van der Waals surface area contributed by atoms with Crippen LogP contribution in [0.1, 0.15) is 12.5 Å². The number of hydrogen-bond donors (Lipinski definition) is 1. The van der Waals surface area contributed by atoms with Gasteiger partial charge in [-0.05, 0) is 30.7 Å². The van der Waals surface area contributed by atoms with Crippen LogP contribution in [0.5, 0.6) is 11.5 Å². The molecular weight excluding hydrogens is 262 g/mol. The lowest BCUT2D eigenvalue weighted by Crippen LogP contribution is -2.10. The van der Waals surface area contributed by atoms with Crippen LogP contribution in [0.2, 0.25) is 0 Å². The lowest BCUT2D eigenvalue weighted by Gasteiger charge is -2.13. The van der Waals surface area contributed by atoms with Gasteiger partial charge in [-0.25, -0.2) is 4.79 Å². The lowest BCUT2D eigenvalue weighted by molar-refractivity contribution is -0.135. The van der Waals surface area contributed by atoms with Crippen molar-refractivity contribution >= 4 is 12.0 Å². The van der Waals surface area contributed by atoms with Crippen LogP contribution in [0.4, 0.5) is 0 Å². The van der Waals surface area contributed by atoms with E-state index in [1.54, 1.807) is 24.3 Å². The van der Waals surface area contributed by atoms with Gasteiger partial charge in [0.15, 0.2) is 17.8 Å². The predicted octanol–water partition coefficient (Wildman–Crippen LogP) is 1.49. The molecule has 6 nitrogen and oxygen atoms in total. The van der Waals surface area contributed by atoms with E-state index in [1.807, 2.05) is 0 Å². The third-order valence-corrected chi connectivity index (χ3v) is 2.32. The Morgan fingerprint density at radius 1 is 1.40 bits per heavy atom. The quantitative estimate of drug-likeness (QED) is 0.379. The molecule has 0 aromatic heterocycles. The molecule has 1 aromatic rings. The van der Waals surface area contributed by atoms with Crippen LogP contribution in [-0.2, 0) is 9.53 Å². The van der Waals surface area contributed by atoms with E-state index in [9.17, 15) is 9.90 Å². The molecular formula is C14H15NO5. The SMILES string of the molecule is COC(=O)/C(C#N)=C/c1ccc(OC(C)O)c(OC)c1. The number of carbonyl (C=O) groups excluding carboxylic acids is 1. The Kier molecular flexibility index (Phi) is 5.56. The standard InChI is InChI=1S/C14H15NO5/c1-9(16)20-12-5-4-10(7-13(12)18-2)6-11(8-15)14(17)19-3/h4-7,9,16H,1-3H3/b11-6+. The molecule has 0 aliphatic carbocycles. The van der Waals surface area contributed by atoms with Crippen LogP contribution >= 0.6 is 0 Å². The number of nitrogens with zero attached hydrogens (tertiary/aromatic N) is 1. The van der Waals surface area contributed by atoms with E-state index in [0.29, 0.717) is 17.1 Å². The van der Waals surface area contributed by atoms with Crippen LogP contribution in [-0.4, -0.2) is 31.6 Å². The van der Waals surface area contributed by atoms with Gasteiger partial charge in [0, 0.05) is 0 Å². The second kappa shape index (κ2) is 7.16. The maximum absolute atomic E-state index is 11.3. The van der Waals surface area contributed by atoms with Gasteiger partial charge in [-0.3, -0.25) is 0 Å². The highest BCUT2D eigenvalue weighted by Gasteiger charge is 2.11. The van der Waals surface area contributed by atoms with E-state index in [4.69, 9.17) is 14.7 Å². The minimum atomic E-state index is -0.977. The van der Waals surface area contributed by atoms with Crippen LogP contribution < -0.4 is 9.47 Å². The fourth-order valence-electron chi connectivity index (χ4n) is 1.47. The Labute approximate surface area is 116 Å². The van der Waals surface area contributed by atoms with E-state index in [0.717, 1.165) is 0 Å². The summed E-state index contributed by atoms with van der Waals surface area (Å²) in [7, 11) is 2.65. The van der Waals surface area contributed by atoms with Gasteiger partial charge in [-0.2, -0.15) is 5.26 Å². The molecule has 1 unspecified atom stereocenters. The minimum absolute atomic E-state index is 0.126. The molecule has 106 valence electrons. The van der Waals surface area contributed by atoms with Crippen molar-refractivity contribution in [3.05, 3.63) is 29.3 Å². The first kappa shape index (κ1) is 15.5. The van der Waals surface area contributed by atoms with Gasteiger partial charge in [0.1, 0.15) is 11.6 Å². The number of hydrogen-bond acceptors (Lipinski definition) is 6. The van der Waals surface area contributed by atoms with Gasteiger partial charge < -0.3 is 19.3 Å². The fourth-order valence-corrected chi connectivity index (χ4v) is 1.47. The number of methoxy groups -OCH3 is 2. The molecule has 1 atom stereocenters. The first-order valence-electron chi connectivity index (χ1n) is 5.74. The van der Waals surface area contributed by atoms with Crippen molar-refractivity contribution < 1.29 is 24.1 Å². The average molecular weight is 277 g/mol. The molecule has 0 amide bonds. The maximum atomic E-state index is 11.3. The molecule has 0 saturated heterocycles. The summed E-state index contributed by atoms with van der Waals surface area (Å²) in [6.07, 6.45) is 0.399. The molecule has 0 aliphatic heterocycles. The normalized spacial score (nSPS) is 12.2. The summed E-state index contributed by atoms with van der Waals surface area (Å²) in [6, 6.07) is 6.54.